The molecule has 0 spiro atoms. The molecule has 0 atom stereocenters. The molecule has 0 aliphatic heterocycles. The Balaban J connectivity index is 1.04. The summed E-state index contributed by atoms with van der Waals surface area (Å²) in [4.78, 5) is 10.2. The van der Waals surface area contributed by atoms with E-state index in [4.69, 9.17) is 9.97 Å². The van der Waals surface area contributed by atoms with Crippen LogP contribution in [0.4, 0.5) is 0 Å². The Hall–Kier alpha value is -7.56. The van der Waals surface area contributed by atoms with Gasteiger partial charge < -0.3 is 8.97 Å². The quantitative estimate of drug-likeness (QED) is 0.178. The molecule has 0 amide bonds. The van der Waals surface area contributed by atoms with Crippen LogP contribution in [0.25, 0.3) is 111 Å². The molecule has 0 aliphatic rings. The lowest BCUT2D eigenvalue weighted by molar-refractivity contribution is 1.18. The Labute approximate surface area is 322 Å². The molecular formula is C52H32N4. The third-order valence-corrected chi connectivity index (χ3v) is 11.5. The molecule has 260 valence electrons. The number of hydrogen-bond donors (Lipinski definition) is 0. The molecule has 4 nitrogen and oxygen atoms in total. The van der Waals surface area contributed by atoms with E-state index in [2.05, 4.69) is 191 Å². The van der Waals surface area contributed by atoms with Crippen LogP contribution in [0.1, 0.15) is 0 Å². The smallest absolute Gasteiger partial charge is 0.160 e. The van der Waals surface area contributed by atoms with Gasteiger partial charge in [-0.15, -0.1) is 0 Å². The molecule has 8 aromatic carbocycles. The first-order chi connectivity index (χ1) is 27.8. The van der Waals surface area contributed by atoms with Gasteiger partial charge in [0.05, 0.1) is 39.0 Å². The molecule has 0 fully saturated rings. The summed E-state index contributed by atoms with van der Waals surface area (Å²) in [6, 6.07) is 69.5. The fraction of sp³-hybridized carbons (Fsp3) is 0. The Morgan fingerprint density at radius 2 is 0.821 bits per heavy atom. The Morgan fingerprint density at radius 1 is 0.304 bits per heavy atom. The molecule has 0 bridgehead atoms. The van der Waals surface area contributed by atoms with E-state index < -0.39 is 0 Å². The van der Waals surface area contributed by atoms with E-state index in [9.17, 15) is 0 Å². The summed E-state index contributed by atoms with van der Waals surface area (Å²) in [5.74, 6) is 0.702. The van der Waals surface area contributed by atoms with Gasteiger partial charge in [-0.25, -0.2) is 9.97 Å². The Kier molecular flexibility index (Phi) is 6.60. The second-order valence-electron chi connectivity index (χ2n) is 14.6. The number of aromatic nitrogens is 4. The minimum Gasteiger partial charge on any atom is -0.309 e. The predicted octanol–water partition coefficient (Wildman–Crippen LogP) is 13.4. The van der Waals surface area contributed by atoms with E-state index in [0.717, 1.165) is 44.9 Å². The van der Waals surface area contributed by atoms with Crippen molar-refractivity contribution >= 4 is 59.9 Å². The van der Waals surface area contributed by atoms with E-state index in [-0.39, 0.29) is 0 Å². The number of fused-ring (bicyclic) bond motifs is 9. The molecular weight excluding hydrogens is 681 g/mol. The fourth-order valence-corrected chi connectivity index (χ4v) is 8.91. The highest BCUT2D eigenvalue weighted by molar-refractivity contribution is 6.23. The van der Waals surface area contributed by atoms with Crippen LogP contribution >= 0.6 is 0 Å². The summed E-state index contributed by atoms with van der Waals surface area (Å²) in [5, 5.41) is 7.61. The fourth-order valence-electron chi connectivity index (χ4n) is 8.91. The van der Waals surface area contributed by atoms with Gasteiger partial charge in [0, 0.05) is 54.7 Å². The second kappa shape index (κ2) is 12.0. The van der Waals surface area contributed by atoms with E-state index >= 15 is 0 Å². The summed E-state index contributed by atoms with van der Waals surface area (Å²) in [6.07, 6.45) is 0. The van der Waals surface area contributed by atoms with Crippen LogP contribution in [-0.4, -0.2) is 18.9 Å². The van der Waals surface area contributed by atoms with Crippen LogP contribution in [0.3, 0.4) is 0 Å². The number of rotatable bonds is 5. The van der Waals surface area contributed by atoms with Gasteiger partial charge >= 0.3 is 0 Å². The molecule has 12 rings (SSSR count). The van der Waals surface area contributed by atoms with Crippen molar-refractivity contribution in [3.05, 3.63) is 194 Å². The average Bonchev–Trinajstić information content (AvgIpc) is 3.92. The SMILES string of the molecule is c1ccc(-c2cc(-c3ccccc3)nc(-c3cccc(-c4ccc5c6ccccc6n(-c6ccc7c8cccc9c%10ccccc%10n(c7c6)c98)c5c4)c3)n2)cc1. The lowest BCUT2D eigenvalue weighted by Crippen LogP contribution is -1.96. The topological polar surface area (TPSA) is 35.1 Å². The molecule has 0 aliphatic carbocycles. The maximum Gasteiger partial charge on any atom is 0.160 e. The number of nitrogens with zero attached hydrogens (tertiary/aromatic N) is 4. The van der Waals surface area contributed by atoms with Crippen LogP contribution in [0.5, 0.6) is 0 Å². The first-order valence-corrected chi connectivity index (χ1v) is 19.1. The lowest BCUT2D eigenvalue weighted by atomic mass is 10.0. The molecule has 0 unspecified atom stereocenters. The molecule has 0 saturated carbocycles. The minimum atomic E-state index is 0.702. The number of para-hydroxylation sites is 3. The first kappa shape index (κ1) is 30.9. The van der Waals surface area contributed by atoms with Crippen molar-refractivity contribution < 1.29 is 0 Å². The summed E-state index contributed by atoms with van der Waals surface area (Å²) >= 11 is 0. The maximum absolute atomic E-state index is 5.12. The van der Waals surface area contributed by atoms with Gasteiger partial charge in [0.1, 0.15) is 0 Å². The summed E-state index contributed by atoms with van der Waals surface area (Å²) in [5.41, 5.74) is 14.4. The highest BCUT2D eigenvalue weighted by Crippen LogP contribution is 2.41. The summed E-state index contributed by atoms with van der Waals surface area (Å²) in [6.45, 7) is 0. The van der Waals surface area contributed by atoms with Crippen LogP contribution in [-0.2, 0) is 0 Å². The predicted molar refractivity (Wildman–Crippen MR) is 233 cm³/mol. The van der Waals surface area contributed by atoms with E-state index in [1.807, 2.05) is 12.1 Å². The van der Waals surface area contributed by atoms with Crippen molar-refractivity contribution in [2.75, 3.05) is 0 Å². The molecule has 0 radical (unpaired) electrons. The van der Waals surface area contributed by atoms with Crippen LogP contribution < -0.4 is 0 Å². The molecule has 4 heteroatoms. The zero-order valence-electron chi connectivity index (χ0n) is 30.3. The van der Waals surface area contributed by atoms with Crippen molar-refractivity contribution in [2.45, 2.75) is 0 Å². The lowest BCUT2D eigenvalue weighted by Gasteiger charge is -2.12. The molecule has 0 saturated heterocycles. The largest absolute Gasteiger partial charge is 0.309 e. The van der Waals surface area contributed by atoms with Gasteiger partial charge in [-0.3, -0.25) is 0 Å². The average molecular weight is 713 g/mol. The molecule has 56 heavy (non-hydrogen) atoms. The maximum atomic E-state index is 5.12. The zero-order valence-corrected chi connectivity index (χ0v) is 30.3. The third-order valence-electron chi connectivity index (χ3n) is 11.5. The van der Waals surface area contributed by atoms with Crippen molar-refractivity contribution in [2.24, 2.45) is 0 Å². The molecule has 4 aromatic heterocycles. The first-order valence-electron chi connectivity index (χ1n) is 19.1. The number of benzene rings is 8. The zero-order chi connectivity index (χ0) is 36.7. The van der Waals surface area contributed by atoms with Crippen molar-refractivity contribution in [1.82, 2.24) is 18.9 Å². The van der Waals surface area contributed by atoms with E-state index in [0.29, 0.717) is 5.82 Å². The van der Waals surface area contributed by atoms with Gasteiger partial charge in [-0.05, 0) is 53.6 Å². The summed E-state index contributed by atoms with van der Waals surface area (Å²) < 4.78 is 4.89. The second-order valence-corrected chi connectivity index (χ2v) is 14.6. The van der Waals surface area contributed by atoms with Crippen molar-refractivity contribution in [3.8, 4) is 50.7 Å². The van der Waals surface area contributed by atoms with E-state index in [1.54, 1.807) is 0 Å². The van der Waals surface area contributed by atoms with Gasteiger partial charge in [-0.1, -0.05) is 152 Å². The summed E-state index contributed by atoms with van der Waals surface area (Å²) in [7, 11) is 0. The molecule has 4 heterocycles. The highest BCUT2D eigenvalue weighted by Gasteiger charge is 2.19. The van der Waals surface area contributed by atoms with Gasteiger partial charge in [0.2, 0.25) is 0 Å². The third kappa shape index (κ3) is 4.60. The standard InChI is InChI=1S/C52H32N4/c1-3-13-33(14-4-1)45-32-46(34-15-5-2-6-16-34)54-52(53-45)37-18-11-17-35(29-37)36-25-27-41-39-19-7-9-23-47(39)55(49(41)30-36)38-26-28-42-44-22-12-21-43-40-20-8-10-24-48(40)56(51(43)44)50(42)31-38/h1-32H. The Morgan fingerprint density at radius 3 is 1.55 bits per heavy atom. The van der Waals surface area contributed by atoms with Crippen LogP contribution in [0, 0.1) is 0 Å². The molecule has 12 aromatic rings. The minimum absolute atomic E-state index is 0.702. The normalized spacial score (nSPS) is 11.9. The highest BCUT2D eigenvalue weighted by atomic mass is 15.0. The monoisotopic (exact) mass is 712 g/mol. The van der Waals surface area contributed by atoms with Gasteiger partial charge in [0.25, 0.3) is 0 Å². The van der Waals surface area contributed by atoms with Gasteiger partial charge in [-0.2, -0.15) is 0 Å². The number of hydrogen-bond acceptors (Lipinski definition) is 2. The van der Waals surface area contributed by atoms with Crippen LogP contribution in [0.15, 0.2) is 194 Å². The Bertz CT molecular complexity index is 3410. The van der Waals surface area contributed by atoms with Crippen molar-refractivity contribution in [3.63, 3.8) is 0 Å². The van der Waals surface area contributed by atoms with Crippen molar-refractivity contribution in [1.29, 1.82) is 0 Å². The van der Waals surface area contributed by atoms with Gasteiger partial charge in [0.15, 0.2) is 5.82 Å². The van der Waals surface area contributed by atoms with E-state index in [1.165, 1.54) is 59.9 Å². The molecule has 0 N–H and O–H groups in total. The van der Waals surface area contributed by atoms with Crippen LogP contribution in [0.2, 0.25) is 0 Å².